The maximum Gasteiger partial charge on any atom is 0.422 e. The van der Waals surface area contributed by atoms with Crippen molar-refractivity contribution >= 4 is 16.0 Å². The summed E-state index contributed by atoms with van der Waals surface area (Å²) in [6.45, 7) is -2.46. The van der Waals surface area contributed by atoms with Gasteiger partial charge in [-0.2, -0.15) is 26.3 Å². The fraction of sp³-hybridized carbons (Fsp3) is 0.533. The number of esters is 1. The quantitative estimate of drug-likeness (QED) is 0.433. The van der Waals surface area contributed by atoms with Gasteiger partial charge in [0.05, 0.1) is 13.0 Å². The zero-order valence-electron chi connectivity index (χ0n) is 14.9. The Morgan fingerprint density at radius 1 is 1.03 bits per heavy atom. The van der Waals surface area contributed by atoms with Gasteiger partial charge in [0.25, 0.3) is 0 Å². The van der Waals surface area contributed by atoms with Crippen LogP contribution in [0.2, 0.25) is 0 Å². The Kier molecular flexibility index (Phi) is 8.56. The van der Waals surface area contributed by atoms with Crippen LogP contribution in [-0.2, 0) is 19.6 Å². The molecule has 0 heterocycles. The number of carbonyl (C=O) groups is 1. The Labute approximate surface area is 162 Å². The van der Waals surface area contributed by atoms with Gasteiger partial charge in [0.2, 0.25) is 10.0 Å². The number of halogens is 6. The van der Waals surface area contributed by atoms with E-state index in [2.05, 4.69) is 14.2 Å². The van der Waals surface area contributed by atoms with Gasteiger partial charge in [0.1, 0.15) is 16.4 Å². The first-order chi connectivity index (χ1) is 13.2. The molecule has 14 heteroatoms. The van der Waals surface area contributed by atoms with Crippen molar-refractivity contribution in [3.05, 3.63) is 18.2 Å². The standard InChI is InChI=1S/C15H17F6NO6S/c1-2-26-13(23)5-6-22-29(24,25)12-7-10(27-8-14(16,17)18)3-4-11(12)28-9-15(19,20)21/h3-4,7,22H,2,5-6,8-9H2,1H3. The van der Waals surface area contributed by atoms with Crippen molar-refractivity contribution < 1.29 is 53.8 Å². The maximum absolute atomic E-state index is 12.4. The lowest BCUT2D eigenvalue weighted by Gasteiger charge is -2.16. The van der Waals surface area contributed by atoms with E-state index >= 15 is 0 Å². The van der Waals surface area contributed by atoms with Crippen molar-refractivity contribution in [1.82, 2.24) is 4.72 Å². The monoisotopic (exact) mass is 453 g/mol. The number of benzene rings is 1. The number of hydrogen-bond acceptors (Lipinski definition) is 6. The van der Waals surface area contributed by atoms with E-state index in [0.717, 1.165) is 12.1 Å². The Balaban J connectivity index is 3.06. The molecule has 0 aliphatic rings. The van der Waals surface area contributed by atoms with Gasteiger partial charge >= 0.3 is 18.3 Å². The second kappa shape index (κ2) is 10.0. The molecule has 0 radical (unpaired) electrons. The highest BCUT2D eigenvalue weighted by Crippen LogP contribution is 2.30. The summed E-state index contributed by atoms with van der Waals surface area (Å²) in [4.78, 5) is 10.4. The summed E-state index contributed by atoms with van der Waals surface area (Å²) >= 11 is 0. The fourth-order valence-corrected chi connectivity index (χ4v) is 3.02. The molecule has 0 unspecified atom stereocenters. The predicted octanol–water partition coefficient (Wildman–Crippen LogP) is 2.80. The Bertz CT molecular complexity index is 793. The highest BCUT2D eigenvalue weighted by atomic mass is 32.2. The molecule has 7 nitrogen and oxygen atoms in total. The first-order valence-corrected chi connectivity index (χ1v) is 9.40. The topological polar surface area (TPSA) is 90.9 Å². The normalized spacial score (nSPS) is 12.5. The fourth-order valence-electron chi connectivity index (χ4n) is 1.83. The summed E-state index contributed by atoms with van der Waals surface area (Å²) < 4.78 is 114. The van der Waals surface area contributed by atoms with E-state index in [9.17, 15) is 39.6 Å². The summed E-state index contributed by atoms with van der Waals surface area (Å²) in [7, 11) is -4.56. The van der Waals surface area contributed by atoms with Gasteiger partial charge < -0.3 is 14.2 Å². The molecule has 0 amide bonds. The van der Waals surface area contributed by atoms with Crippen molar-refractivity contribution in [2.24, 2.45) is 0 Å². The highest BCUT2D eigenvalue weighted by molar-refractivity contribution is 7.89. The molecule has 0 aliphatic carbocycles. The van der Waals surface area contributed by atoms with Crippen LogP contribution in [0.25, 0.3) is 0 Å². The molecule has 1 N–H and O–H groups in total. The van der Waals surface area contributed by atoms with Gasteiger partial charge in [-0.15, -0.1) is 0 Å². The third-order valence-corrected chi connectivity index (χ3v) is 4.41. The van der Waals surface area contributed by atoms with Crippen molar-refractivity contribution in [2.75, 3.05) is 26.4 Å². The van der Waals surface area contributed by atoms with Gasteiger partial charge in [-0.1, -0.05) is 0 Å². The lowest BCUT2D eigenvalue weighted by atomic mass is 10.3. The lowest BCUT2D eigenvalue weighted by molar-refractivity contribution is -0.154. The average Bonchev–Trinajstić information content (AvgIpc) is 2.57. The zero-order chi connectivity index (χ0) is 22.3. The second-order valence-electron chi connectivity index (χ2n) is 5.37. The van der Waals surface area contributed by atoms with E-state index in [-0.39, 0.29) is 13.0 Å². The number of nitrogens with one attached hydrogen (secondary N) is 1. The van der Waals surface area contributed by atoms with Crippen LogP contribution in [0.5, 0.6) is 11.5 Å². The van der Waals surface area contributed by atoms with Crippen LogP contribution in [0.1, 0.15) is 13.3 Å². The molecule has 1 aromatic rings. The molecular weight excluding hydrogens is 436 g/mol. The lowest BCUT2D eigenvalue weighted by Crippen LogP contribution is -2.28. The van der Waals surface area contributed by atoms with Crippen LogP contribution in [0, 0.1) is 0 Å². The van der Waals surface area contributed by atoms with E-state index < -0.39 is 64.5 Å². The van der Waals surface area contributed by atoms with Crippen molar-refractivity contribution in [2.45, 2.75) is 30.6 Å². The van der Waals surface area contributed by atoms with Crippen LogP contribution >= 0.6 is 0 Å². The average molecular weight is 453 g/mol. The summed E-state index contributed by atoms with van der Waals surface area (Å²) in [5.74, 6) is -2.05. The number of rotatable bonds is 10. The minimum atomic E-state index is -4.79. The molecule has 0 aromatic heterocycles. The molecule has 0 aliphatic heterocycles. The minimum Gasteiger partial charge on any atom is -0.484 e. The zero-order valence-corrected chi connectivity index (χ0v) is 15.7. The van der Waals surface area contributed by atoms with E-state index in [4.69, 9.17) is 0 Å². The molecule has 0 spiro atoms. The Morgan fingerprint density at radius 2 is 1.62 bits per heavy atom. The number of alkyl halides is 6. The molecule has 29 heavy (non-hydrogen) atoms. The van der Waals surface area contributed by atoms with E-state index in [1.807, 2.05) is 4.72 Å². The van der Waals surface area contributed by atoms with E-state index in [1.54, 1.807) is 0 Å². The summed E-state index contributed by atoms with van der Waals surface area (Å²) in [6.07, 6.45) is -9.89. The largest absolute Gasteiger partial charge is 0.484 e. The molecule has 166 valence electrons. The second-order valence-corrected chi connectivity index (χ2v) is 7.10. The molecule has 0 bridgehead atoms. The molecule has 0 saturated carbocycles. The SMILES string of the molecule is CCOC(=O)CCNS(=O)(=O)c1cc(OCC(F)(F)F)ccc1OCC(F)(F)F. The van der Waals surface area contributed by atoms with Crippen LogP contribution in [-0.4, -0.2) is 53.1 Å². The minimum absolute atomic E-state index is 0.0552. The Hall–Kier alpha value is -2.22. The molecular formula is C15H17F6NO6S. The molecule has 0 saturated heterocycles. The maximum atomic E-state index is 12.4. The Morgan fingerprint density at radius 3 is 2.17 bits per heavy atom. The summed E-state index contributed by atoms with van der Waals surface area (Å²) in [6, 6.07) is 2.15. The van der Waals surface area contributed by atoms with Crippen molar-refractivity contribution in [1.29, 1.82) is 0 Å². The van der Waals surface area contributed by atoms with E-state index in [1.165, 1.54) is 6.92 Å². The first-order valence-electron chi connectivity index (χ1n) is 7.92. The molecule has 0 atom stereocenters. The van der Waals surface area contributed by atoms with Gasteiger partial charge in [0, 0.05) is 12.6 Å². The number of carbonyl (C=O) groups excluding carboxylic acids is 1. The molecule has 0 fully saturated rings. The molecule has 1 rings (SSSR count). The van der Waals surface area contributed by atoms with Gasteiger partial charge in [-0.05, 0) is 19.1 Å². The third-order valence-electron chi connectivity index (χ3n) is 2.93. The van der Waals surface area contributed by atoms with Gasteiger partial charge in [-0.25, -0.2) is 13.1 Å². The number of ether oxygens (including phenoxy) is 3. The summed E-state index contributed by atoms with van der Waals surface area (Å²) in [5, 5.41) is 0. The van der Waals surface area contributed by atoms with Crippen LogP contribution in [0.15, 0.2) is 23.1 Å². The van der Waals surface area contributed by atoms with Crippen LogP contribution in [0.4, 0.5) is 26.3 Å². The predicted molar refractivity (Wildman–Crippen MR) is 86.0 cm³/mol. The van der Waals surface area contributed by atoms with Crippen LogP contribution in [0.3, 0.4) is 0 Å². The van der Waals surface area contributed by atoms with E-state index in [0.29, 0.717) is 6.07 Å². The van der Waals surface area contributed by atoms with Crippen molar-refractivity contribution in [3.8, 4) is 11.5 Å². The van der Waals surface area contributed by atoms with Crippen molar-refractivity contribution in [3.63, 3.8) is 0 Å². The van der Waals surface area contributed by atoms with Crippen LogP contribution < -0.4 is 14.2 Å². The third kappa shape index (κ3) is 9.69. The first kappa shape index (κ1) is 24.8. The summed E-state index contributed by atoms with van der Waals surface area (Å²) in [5.41, 5.74) is 0. The number of sulfonamides is 1. The highest BCUT2D eigenvalue weighted by Gasteiger charge is 2.31. The van der Waals surface area contributed by atoms with Gasteiger partial charge in [-0.3, -0.25) is 4.79 Å². The smallest absolute Gasteiger partial charge is 0.422 e. The van der Waals surface area contributed by atoms with Gasteiger partial charge in [0.15, 0.2) is 13.2 Å². The number of hydrogen-bond donors (Lipinski definition) is 1. The molecule has 1 aromatic carbocycles.